The van der Waals surface area contributed by atoms with Gasteiger partial charge in [0.05, 0.1) is 18.4 Å². The zero-order chi connectivity index (χ0) is 14.3. The van der Waals surface area contributed by atoms with Gasteiger partial charge in [-0.25, -0.2) is 9.18 Å². The first-order valence-electron chi connectivity index (χ1n) is 6.72. The lowest BCUT2D eigenvalue weighted by Crippen LogP contribution is -2.18. The molecule has 1 aromatic carbocycles. The van der Waals surface area contributed by atoms with Gasteiger partial charge in [0.25, 0.3) is 0 Å². The smallest absolute Gasteiger partial charge is 0.339 e. The van der Waals surface area contributed by atoms with Crippen molar-refractivity contribution in [2.75, 3.05) is 12.4 Å². The molecule has 1 rings (SSSR count). The molecule has 0 bridgehead atoms. The van der Waals surface area contributed by atoms with Crippen molar-refractivity contribution >= 4 is 11.7 Å². The van der Waals surface area contributed by atoms with Crippen LogP contribution in [0.15, 0.2) is 18.2 Å². The molecule has 1 unspecified atom stereocenters. The number of unbranched alkanes of at least 4 members (excludes halogenated alkanes) is 2. The van der Waals surface area contributed by atoms with Crippen molar-refractivity contribution in [3.05, 3.63) is 29.6 Å². The summed E-state index contributed by atoms with van der Waals surface area (Å²) in [4.78, 5) is 11.6. The van der Waals surface area contributed by atoms with Gasteiger partial charge in [0, 0.05) is 6.04 Å². The summed E-state index contributed by atoms with van der Waals surface area (Å²) in [6.07, 6.45) is 4.46. The Bertz CT molecular complexity index is 421. The molecule has 1 N–H and O–H groups in total. The van der Waals surface area contributed by atoms with E-state index in [1.54, 1.807) is 0 Å². The standard InChI is InChI=1S/C15H22FNO2/c1-4-5-6-7-11(2)17-14-10-12(16)8-9-13(14)15(18)19-3/h8-11,17H,4-7H2,1-3H3. The van der Waals surface area contributed by atoms with E-state index in [9.17, 15) is 9.18 Å². The van der Waals surface area contributed by atoms with E-state index in [0.717, 1.165) is 12.8 Å². The molecule has 0 aliphatic rings. The number of hydrogen-bond acceptors (Lipinski definition) is 3. The van der Waals surface area contributed by atoms with Crippen LogP contribution >= 0.6 is 0 Å². The maximum absolute atomic E-state index is 13.3. The quantitative estimate of drug-likeness (QED) is 0.599. The fourth-order valence-corrected chi connectivity index (χ4v) is 1.96. The Morgan fingerprint density at radius 1 is 1.42 bits per heavy atom. The number of carbonyl (C=O) groups is 1. The second kappa shape index (κ2) is 7.77. The van der Waals surface area contributed by atoms with Crippen LogP contribution in [0.2, 0.25) is 0 Å². The van der Waals surface area contributed by atoms with Crippen LogP contribution in [0, 0.1) is 5.82 Å². The van der Waals surface area contributed by atoms with Gasteiger partial charge in [-0.3, -0.25) is 0 Å². The van der Waals surface area contributed by atoms with Crippen LogP contribution in [0.4, 0.5) is 10.1 Å². The summed E-state index contributed by atoms with van der Waals surface area (Å²) in [7, 11) is 1.32. The van der Waals surface area contributed by atoms with Crippen LogP contribution in [-0.4, -0.2) is 19.1 Å². The van der Waals surface area contributed by atoms with E-state index in [4.69, 9.17) is 4.74 Å². The summed E-state index contributed by atoms with van der Waals surface area (Å²) >= 11 is 0. The Hall–Kier alpha value is -1.58. The largest absolute Gasteiger partial charge is 0.465 e. The molecule has 0 aliphatic heterocycles. The van der Waals surface area contributed by atoms with E-state index in [2.05, 4.69) is 12.2 Å². The zero-order valence-electron chi connectivity index (χ0n) is 11.8. The van der Waals surface area contributed by atoms with Crippen molar-refractivity contribution in [2.24, 2.45) is 0 Å². The lowest BCUT2D eigenvalue weighted by molar-refractivity contribution is 0.0601. The Morgan fingerprint density at radius 2 is 2.16 bits per heavy atom. The molecule has 0 aliphatic carbocycles. The summed E-state index contributed by atoms with van der Waals surface area (Å²) < 4.78 is 18.0. The van der Waals surface area contributed by atoms with E-state index < -0.39 is 5.97 Å². The number of anilines is 1. The molecule has 0 spiro atoms. The highest BCUT2D eigenvalue weighted by molar-refractivity contribution is 5.95. The topological polar surface area (TPSA) is 38.3 Å². The Labute approximate surface area is 114 Å². The highest BCUT2D eigenvalue weighted by Gasteiger charge is 2.14. The summed E-state index contributed by atoms with van der Waals surface area (Å²) in [5.74, 6) is -0.820. The Balaban J connectivity index is 2.75. The highest BCUT2D eigenvalue weighted by Crippen LogP contribution is 2.20. The van der Waals surface area contributed by atoms with Crippen LogP contribution in [0.3, 0.4) is 0 Å². The number of esters is 1. The number of nitrogens with one attached hydrogen (secondary N) is 1. The molecule has 0 aromatic heterocycles. The first kappa shape index (κ1) is 15.5. The molecule has 0 fully saturated rings. The predicted octanol–water partition coefficient (Wildman–Crippen LogP) is 3.99. The van der Waals surface area contributed by atoms with Crippen molar-refractivity contribution in [3.8, 4) is 0 Å². The molecular weight excluding hydrogens is 245 g/mol. The van der Waals surface area contributed by atoms with Crippen LogP contribution in [-0.2, 0) is 4.74 Å². The SMILES string of the molecule is CCCCCC(C)Nc1cc(F)ccc1C(=O)OC. The average Bonchev–Trinajstić information content (AvgIpc) is 2.38. The minimum atomic E-state index is -0.455. The molecule has 19 heavy (non-hydrogen) atoms. The number of halogens is 1. The van der Waals surface area contributed by atoms with Crippen LogP contribution in [0.25, 0.3) is 0 Å². The minimum Gasteiger partial charge on any atom is -0.465 e. The molecule has 1 aromatic rings. The van der Waals surface area contributed by atoms with Crippen molar-refractivity contribution in [1.29, 1.82) is 0 Å². The third-order valence-electron chi connectivity index (χ3n) is 3.03. The maximum Gasteiger partial charge on any atom is 0.339 e. The van der Waals surface area contributed by atoms with Gasteiger partial charge in [-0.05, 0) is 31.5 Å². The first-order valence-corrected chi connectivity index (χ1v) is 6.72. The highest BCUT2D eigenvalue weighted by atomic mass is 19.1. The van der Waals surface area contributed by atoms with E-state index >= 15 is 0 Å². The van der Waals surface area contributed by atoms with Crippen LogP contribution < -0.4 is 5.32 Å². The summed E-state index contributed by atoms with van der Waals surface area (Å²) in [6, 6.07) is 4.24. The van der Waals surface area contributed by atoms with Gasteiger partial charge in [-0.1, -0.05) is 26.2 Å². The Morgan fingerprint density at radius 3 is 2.79 bits per heavy atom. The van der Waals surface area contributed by atoms with Gasteiger partial charge >= 0.3 is 5.97 Å². The molecule has 3 nitrogen and oxygen atoms in total. The Kier molecular flexibility index (Phi) is 6.33. The zero-order valence-corrected chi connectivity index (χ0v) is 11.8. The average molecular weight is 267 g/mol. The van der Waals surface area contributed by atoms with Gasteiger partial charge in [0.1, 0.15) is 5.82 Å². The monoisotopic (exact) mass is 267 g/mol. The fourth-order valence-electron chi connectivity index (χ4n) is 1.96. The van der Waals surface area contributed by atoms with E-state index in [-0.39, 0.29) is 11.9 Å². The number of rotatable bonds is 7. The molecule has 0 saturated carbocycles. The molecule has 0 heterocycles. The lowest BCUT2D eigenvalue weighted by Gasteiger charge is -2.17. The maximum atomic E-state index is 13.3. The van der Waals surface area contributed by atoms with Gasteiger partial charge in [-0.2, -0.15) is 0 Å². The number of benzene rings is 1. The number of carbonyl (C=O) groups excluding carboxylic acids is 1. The molecule has 0 amide bonds. The van der Waals surface area contributed by atoms with Crippen LogP contribution in [0.5, 0.6) is 0 Å². The van der Waals surface area contributed by atoms with Gasteiger partial charge in [-0.15, -0.1) is 0 Å². The fraction of sp³-hybridized carbons (Fsp3) is 0.533. The second-order valence-corrected chi connectivity index (χ2v) is 4.72. The van der Waals surface area contributed by atoms with Crippen LogP contribution in [0.1, 0.15) is 49.9 Å². The van der Waals surface area contributed by atoms with Crippen molar-refractivity contribution < 1.29 is 13.9 Å². The summed E-state index contributed by atoms with van der Waals surface area (Å²) in [6.45, 7) is 4.18. The predicted molar refractivity (Wildman–Crippen MR) is 75.0 cm³/mol. The van der Waals surface area contributed by atoms with Crippen molar-refractivity contribution in [3.63, 3.8) is 0 Å². The molecular formula is C15H22FNO2. The van der Waals surface area contributed by atoms with Gasteiger partial charge < -0.3 is 10.1 Å². The van der Waals surface area contributed by atoms with Crippen molar-refractivity contribution in [2.45, 2.75) is 45.6 Å². The molecule has 4 heteroatoms. The third-order valence-corrected chi connectivity index (χ3v) is 3.03. The minimum absolute atomic E-state index is 0.191. The summed E-state index contributed by atoms with van der Waals surface area (Å²) in [5.41, 5.74) is 0.863. The normalized spacial score (nSPS) is 12.0. The van der Waals surface area contributed by atoms with Crippen molar-refractivity contribution in [1.82, 2.24) is 0 Å². The van der Waals surface area contributed by atoms with E-state index in [1.807, 2.05) is 6.92 Å². The third kappa shape index (κ3) is 4.89. The molecule has 1 atom stereocenters. The van der Waals surface area contributed by atoms with Gasteiger partial charge in [0.2, 0.25) is 0 Å². The van der Waals surface area contributed by atoms with Gasteiger partial charge in [0.15, 0.2) is 0 Å². The van der Waals surface area contributed by atoms with E-state index in [1.165, 1.54) is 38.2 Å². The lowest BCUT2D eigenvalue weighted by atomic mass is 10.1. The number of ether oxygens (including phenoxy) is 1. The number of methoxy groups -OCH3 is 1. The molecule has 0 saturated heterocycles. The first-order chi connectivity index (χ1) is 9.08. The summed E-state index contributed by atoms with van der Waals surface area (Å²) in [5, 5.41) is 3.18. The number of hydrogen-bond donors (Lipinski definition) is 1. The second-order valence-electron chi connectivity index (χ2n) is 4.72. The van der Waals surface area contributed by atoms with E-state index in [0.29, 0.717) is 11.3 Å². The molecule has 106 valence electrons. The molecule has 0 radical (unpaired) electrons.